The molecule has 0 spiro atoms. The molecule has 0 N–H and O–H groups in total. The average Bonchev–Trinajstić information content (AvgIpc) is 2.55. The molecule has 21 heavy (non-hydrogen) atoms. The number of ether oxygens (including phenoxy) is 2. The summed E-state index contributed by atoms with van der Waals surface area (Å²) in [5.41, 5.74) is 1.20. The monoisotopic (exact) mass is 298 g/mol. The number of nitrogens with zero attached hydrogens (tertiary/aromatic N) is 2. The van der Waals surface area contributed by atoms with Crippen LogP contribution in [0.3, 0.4) is 0 Å². The van der Waals surface area contributed by atoms with Gasteiger partial charge in [0.1, 0.15) is 0 Å². The molecular weight excluding hydrogens is 264 g/mol. The lowest BCUT2D eigenvalue weighted by molar-refractivity contribution is 0.360. The molecule has 0 amide bonds. The van der Waals surface area contributed by atoms with Gasteiger partial charge < -0.3 is 14.4 Å². The molecule has 1 aromatic rings. The number of aromatic nitrogens is 1. The van der Waals surface area contributed by atoms with E-state index in [0.29, 0.717) is 17.7 Å². The summed E-state index contributed by atoms with van der Waals surface area (Å²) >= 11 is 0. The number of hydrogen-bond acceptors (Lipinski definition) is 4. The highest BCUT2D eigenvalue weighted by molar-refractivity contribution is 5.30. The molecule has 0 bridgehead atoms. The van der Waals surface area contributed by atoms with Crippen molar-refractivity contribution in [1.82, 2.24) is 9.88 Å². The van der Waals surface area contributed by atoms with Crippen LogP contribution in [0.1, 0.15) is 52.5 Å². The maximum absolute atomic E-state index is 5.17. The van der Waals surface area contributed by atoms with E-state index in [1.54, 1.807) is 14.2 Å². The van der Waals surface area contributed by atoms with Gasteiger partial charge in [0, 0.05) is 12.1 Å². The van der Waals surface area contributed by atoms with E-state index in [1.807, 2.05) is 39.8 Å². The van der Waals surface area contributed by atoms with E-state index in [9.17, 15) is 0 Å². The summed E-state index contributed by atoms with van der Waals surface area (Å²) in [5.74, 6) is 1.68. The van der Waals surface area contributed by atoms with Gasteiger partial charge in [0.15, 0.2) is 0 Å². The highest BCUT2D eigenvalue weighted by Gasteiger charge is 2.10. The third-order valence-electron chi connectivity index (χ3n) is 2.80. The van der Waals surface area contributed by atoms with Crippen LogP contribution in [0.2, 0.25) is 0 Å². The van der Waals surface area contributed by atoms with Crippen LogP contribution < -0.4 is 9.47 Å². The first kappa shape index (κ1) is 22.0. The summed E-state index contributed by atoms with van der Waals surface area (Å²) in [6.45, 7) is 11.3. The molecule has 4 nitrogen and oxygen atoms in total. The molecule has 0 saturated carbocycles. The van der Waals surface area contributed by atoms with Gasteiger partial charge in [-0.15, -0.1) is 0 Å². The minimum absolute atomic E-state index is 0.461. The Hall–Kier alpha value is -1.29. The lowest BCUT2D eigenvalue weighted by Crippen LogP contribution is -2.15. The smallest absolute Gasteiger partial charge is 0.216 e. The van der Waals surface area contributed by atoms with Gasteiger partial charge in [0.05, 0.1) is 14.2 Å². The summed E-state index contributed by atoms with van der Waals surface area (Å²) < 4.78 is 10.3. The predicted molar refractivity (Wildman–Crippen MR) is 91.6 cm³/mol. The van der Waals surface area contributed by atoms with Crippen molar-refractivity contribution < 1.29 is 9.47 Å². The van der Waals surface area contributed by atoms with Crippen LogP contribution in [0.4, 0.5) is 0 Å². The Labute approximate surface area is 131 Å². The van der Waals surface area contributed by atoms with Crippen molar-refractivity contribution in [1.29, 1.82) is 0 Å². The summed E-state index contributed by atoms with van der Waals surface area (Å²) in [6, 6.07) is 3.95. The Morgan fingerprint density at radius 3 is 1.76 bits per heavy atom. The van der Waals surface area contributed by atoms with Gasteiger partial charge in [-0.1, -0.05) is 34.6 Å². The predicted octanol–water partition coefficient (Wildman–Crippen LogP) is 4.21. The molecule has 1 aromatic heterocycles. The lowest BCUT2D eigenvalue weighted by Gasteiger charge is -2.16. The third kappa shape index (κ3) is 9.29. The van der Waals surface area contributed by atoms with E-state index in [0.717, 1.165) is 13.0 Å². The van der Waals surface area contributed by atoms with Crippen molar-refractivity contribution in [3.05, 3.63) is 17.7 Å². The molecular formula is C17H34N2O2. The minimum Gasteiger partial charge on any atom is -0.481 e. The highest BCUT2D eigenvalue weighted by Crippen LogP contribution is 2.25. The Bertz CT molecular complexity index is 332. The molecule has 1 rings (SSSR count). The second-order valence-electron chi connectivity index (χ2n) is 4.48. The van der Waals surface area contributed by atoms with Crippen LogP contribution in [0, 0.1) is 0 Å². The van der Waals surface area contributed by atoms with Crippen molar-refractivity contribution in [2.24, 2.45) is 0 Å². The Kier molecular flexibility index (Phi) is 14.3. The van der Waals surface area contributed by atoms with E-state index in [4.69, 9.17) is 9.47 Å². The normalized spacial score (nSPS) is 10.8. The van der Waals surface area contributed by atoms with Gasteiger partial charge in [-0.25, -0.2) is 0 Å². The van der Waals surface area contributed by atoms with Crippen molar-refractivity contribution in [2.45, 2.75) is 47.0 Å². The maximum Gasteiger partial charge on any atom is 0.216 e. The first-order valence-corrected chi connectivity index (χ1v) is 7.81. The van der Waals surface area contributed by atoms with Crippen LogP contribution in [0.5, 0.6) is 11.8 Å². The van der Waals surface area contributed by atoms with Gasteiger partial charge in [0.2, 0.25) is 11.8 Å². The summed E-state index contributed by atoms with van der Waals surface area (Å²) in [4.78, 5) is 6.38. The van der Waals surface area contributed by atoms with E-state index in [2.05, 4.69) is 30.9 Å². The second-order valence-corrected chi connectivity index (χ2v) is 4.48. The molecule has 1 atom stereocenters. The number of hydrogen-bond donors (Lipinski definition) is 0. The number of methoxy groups -OCH3 is 2. The van der Waals surface area contributed by atoms with Gasteiger partial charge in [-0.3, -0.25) is 0 Å². The topological polar surface area (TPSA) is 34.6 Å². The SMILES string of the molecule is CC.CC.COc1cc(C(C)CCN(C)C)cc(OC)n1. The molecule has 0 aromatic carbocycles. The zero-order valence-electron chi connectivity index (χ0n) is 15.4. The fourth-order valence-corrected chi connectivity index (χ4v) is 1.61. The lowest BCUT2D eigenvalue weighted by atomic mass is 9.98. The van der Waals surface area contributed by atoms with Gasteiger partial charge in [-0.05, 0) is 38.5 Å². The van der Waals surface area contributed by atoms with E-state index < -0.39 is 0 Å². The third-order valence-corrected chi connectivity index (χ3v) is 2.80. The molecule has 124 valence electrons. The van der Waals surface area contributed by atoms with Crippen molar-refractivity contribution in [3.8, 4) is 11.8 Å². The molecule has 1 heterocycles. The van der Waals surface area contributed by atoms with Crippen LogP contribution in [0.15, 0.2) is 12.1 Å². The van der Waals surface area contributed by atoms with E-state index in [-0.39, 0.29) is 0 Å². The van der Waals surface area contributed by atoms with Crippen molar-refractivity contribution >= 4 is 0 Å². The Morgan fingerprint density at radius 1 is 1.00 bits per heavy atom. The fourth-order valence-electron chi connectivity index (χ4n) is 1.61. The van der Waals surface area contributed by atoms with Crippen LogP contribution in [-0.2, 0) is 0 Å². The van der Waals surface area contributed by atoms with Gasteiger partial charge >= 0.3 is 0 Å². The molecule has 0 saturated heterocycles. The number of pyridine rings is 1. The van der Waals surface area contributed by atoms with Crippen LogP contribution in [0.25, 0.3) is 0 Å². The molecule has 0 aliphatic heterocycles. The fraction of sp³-hybridized carbons (Fsp3) is 0.706. The van der Waals surface area contributed by atoms with E-state index >= 15 is 0 Å². The average molecular weight is 298 g/mol. The zero-order chi connectivity index (χ0) is 16.8. The molecule has 4 heteroatoms. The van der Waals surface area contributed by atoms with Crippen LogP contribution in [-0.4, -0.2) is 44.7 Å². The van der Waals surface area contributed by atoms with Crippen molar-refractivity contribution in [2.75, 3.05) is 34.9 Å². The minimum atomic E-state index is 0.461. The summed E-state index contributed by atoms with van der Waals surface area (Å²) in [7, 11) is 7.41. The van der Waals surface area contributed by atoms with Gasteiger partial charge in [0.25, 0.3) is 0 Å². The Balaban J connectivity index is 0. The first-order valence-electron chi connectivity index (χ1n) is 7.81. The Morgan fingerprint density at radius 2 is 1.43 bits per heavy atom. The quantitative estimate of drug-likeness (QED) is 0.788. The standard InChI is InChI=1S/C13H22N2O2.2C2H6/c1-10(6-7-15(2)3)11-8-12(16-4)14-13(9-11)17-5;2*1-2/h8-10H,6-7H2,1-5H3;2*1-2H3. The van der Waals surface area contributed by atoms with Gasteiger partial charge in [-0.2, -0.15) is 4.98 Å². The van der Waals surface area contributed by atoms with Crippen molar-refractivity contribution in [3.63, 3.8) is 0 Å². The maximum atomic E-state index is 5.17. The van der Waals surface area contributed by atoms with E-state index in [1.165, 1.54) is 5.56 Å². The summed E-state index contributed by atoms with van der Waals surface area (Å²) in [6.07, 6.45) is 1.10. The molecule has 1 unspecified atom stereocenters. The zero-order valence-corrected chi connectivity index (χ0v) is 15.4. The van der Waals surface area contributed by atoms with Crippen LogP contribution >= 0.6 is 0 Å². The second kappa shape index (κ2) is 13.7. The molecule has 0 radical (unpaired) electrons. The first-order chi connectivity index (χ1) is 10.1. The molecule has 0 aliphatic carbocycles. The molecule has 0 fully saturated rings. The summed E-state index contributed by atoms with van der Waals surface area (Å²) in [5, 5.41) is 0. The molecule has 0 aliphatic rings. The largest absolute Gasteiger partial charge is 0.481 e. The number of rotatable bonds is 6. The highest BCUT2D eigenvalue weighted by atomic mass is 16.5.